The topological polar surface area (TPSA) is 0 Å². The monoisotopic (exact) mass is 278 g/mol. The number of alkyl halides is 1. The van der Waals surface area contributed by atoms with Gasteiger partial charge in [-0.25, -0.2) is 4.39 Å². The number of halogens is 3. The largest absolute Gasteiger partial charge is 0.207 e. The van der Waals surface area contributed by atoms with Crippen molar-refractivity contribution in [2.45, 2.75) is 25.1 Å². The Labute approximate surface area is 97.6 Å². The zero-order chi connectivity index (χ0) is 10.7. The molecular weight excluding hydrogens is 266 g/mol. The first-order valence-corrected chi connectivity index (χ1v) is 5.88. The SMILES string of the molecule is CC(Br)C(C)Cc1ccc(Cl)cc1F. The summed E-state index contributed by atoms with van der Waals surface area (Å²) >= 11 is 9.15. The van der Waals surface area contributed by atoms with Gasteiger partial charge in [-0.05, 0) is 30.0 Å². The maximum absolute atomic E-state index is 13.4. The summed E-state index contributed by atoms with van der Waals surface area (Å²) in [6, 6.07) is 4.84. The van der Waals surface area contributed by atoms with Crippen LogP contribution in [0.15, 0.2) is 18.2 Å². The second kappa shape index (κ2) is 5.13. The van der Waals surface area contributed by atoms with Gasteiger partial charge < -0.3 is 0 Å². The van der Waals surface area contributed by atoms with E-state index in [0.717, 1.165) is 12.0 Å². The average Bonchev–Trinajstić information content (AvgIpc) is 2.09. The highest BCUT2D eigenvalue weighted by molar-refractivity contribution is 9.09. The molecule has 3 heteroatoms. The molecular formula is C11H13BrClF. The van der Waals surface area contributed by atoms with E-state index < -0.39 is 0 Å². The zero-order valence-electron chi connectivity index (χ0n) is 8.23. The van der Waals surface area contributed by atoms with Gasteiger partial charge in [-0.1, -0.05) is 47.4 Å². The molecule has 1 rings (SSSR count). The van der Waals surface area contributed by atoms with Crippen molar-refractivity contribution in [2.75, 3.05) is 0 Å². The van der Waals surface area contributed by atoms with Gasteiger partial charge in [0, 0.05) is 9.85 Å². The standard InChI is InChI=1S/C11H13BrClF/c1-7(8(2)12)5-9-3-4-10(13)6-11(9)14/h3-4,6-8H,5H2,1-2H3. The van der Waals surface area contributed by atoms with Crippen molar-refractivity contribution < 1.29 is 4.39 Å². The molecule has 0 nitrogen and oxygen atoms in total. The summed E-state index contributed by atoms with van der Waals surface area (Å²) in [5, 5.41) is 0.450. The molecule has 0 heterocycles. The molecule has 1 aromatic rings. The van der Waals surface area contributed by atoms with E-state index in [0.29, 0.717) is 15.8 Å². The Hall–Kier alpha value is -0.0800. The Bertz CT molecular complexity index is 312. The summed E-state index contributed by atoms with van der Waals surface area (Å²) in [6.45, 7) is 4.16. The van der Waals surface area contributed by atoms with E-state index in [4.69, 9.17) is 11.6 Å². The molecule has 0 aliphatic rings. The van der Waals surface area contributed by atoms with E-state index in [1.54, 1.807) is 12.1 Å². The van der Waals surface area contributed by atoms with Gasteiger partial charge in [-0.3, -0.25) is 0 Å². The number of hydrogen-bond donors (Lipinski definition) is 0. The average molecular weight is 280 g/mol. The minimum Gasteiger partial charge on any atom is -0.207 e. The molecule has 0 aliphatic heterocycles. The van der Waals surface area contributed by atoms with Crippen LogP contribution in [0.3, 0.4) is 0 Å². The number of benzene rings is 1. The Balaban J connectivity index is 2.77. The molecule has 2 unspecified atom stereocenters. The predicted molar refractivity (Wildman–Crippen MR) is 62.7 cm³/mol. The summed E-state index contributed by atoms with van der Waals surface area (Å²) in [5.74, 6) is 0.197. The quantitative estimate of drug-likeness (QED) is 0.718. The molecule has 0 amide bonds. The van der Waals surface area contributed by atoms with Crippen molar-refractivity contribution in [3.63, 3.8) is 0 Å². The van der Waals surface area contributed by atoms with Gasteiger partial charge in [0.15, 0.2) is 0 Å². The van der Waals surface area contributed by atoms with Gasteiger partial charge in [0.25, 0.3) is 0 Å². The van der Waals surface area contributed by atoms with Gasteiger partial charge >= 0.3 is 0 Å². The highest BCUT2D eigenvalue weighted by Crippen LogP contribution is 2.21. The van der Waals surface area contributed by atoms with Gasteiger partial charge in [0.05, 0.1) is 0 Å². The highest BCUT2D eigenvalue weighted by atomic mass is 79.9. The van der Waals surface area contributed by atoms with E-state index in [9.17, 15) is 4.39 Å². The van der Waals surface area contributed by atoms with Gasteiger partial charge in [-0.2, -0.15) is 0 Å². The summed E-state index contributed by atoms with van der Waals surface area (Å²) in [6.07, 6.45) is 0.732. The maximum Gasteiger partial charge on any atom is 0.127 e. The number of rotatable bonds is 3. The second-order valence-corrected chi connectivity index (χ2v) is 5.48. The molecule has 0 spiro atoms. The fourth-order valence-corrected chi connectivity index (χ4v) is 1.54. The van der Waals surface area contributed by atoms with Crippen molar-refractivity contribution in [3.05, 3.63) is 34.6 Å². The van der Waals surface area contributed by atoms with Crippen LogP contribution in [0.2, 0.25) is 5.02 Å². The van der Waals surface area contributed by atoms with E-state index in [-0.39, 0.29) is 5.82 Å². The lowest BCUT2D eigenvalue weighted by Gasteiger charge is -2.14. The fraction of sp³-hybridized carbons (Fsp3) is 0.455. The van der Waals surface area contributed by atoms with Crippen LogP contribution in [-0.2, 0) is 6.42 Å². The molecule has 2 atom stereocenters. The summed E-state index contributed by atoms with van der Waals surface area (Å²) in [7, 11) is 0. The van der Waals surface area contributed by atoms with E-state index >= 15 is 0 Å². The maximum atomic E-state index is 13.4. The highest BCUT2D eigenvalue weighted by Gasteiger charge is 2.12. The van der Waals surface area contributed by atoms with Crippen LogP contribution in [0.4, 0.5) is 4.39 Å². The molecule has 0 radical (unpaired) electrons. The summed E-state index contributed by atoms with van der Waals surface area (Å²) in [5.41, 5.74) is 0.730. The van der Waals surface area contributed by atoms with Crippen LogP contribution < -0.4 is 0 Å². The van der Waals surface area contributed by atoms with E-state index in [1.807, 2.05) is 0 Å². The second-order valence-electron chi connectivity index (χ2n) is 3.59. The van der Waals surface area contributed by atoms with Gasteiger partial charge in [0.2, 0.25) is 0 Å². The first-order chi connectivity index (χ1) is 6.50. The van der Waals surface area contributed by atoms with Crippen LogP contribution in [0, 0.1) is 11.7 Å². The van der Waals surface area contributed by atoms with Crippen LogP contribution in [0.5, 0.6) is 0 Å². The Morgan fingerprint density at radius 1 is 1.43 bits per heavy atom. The molecule has 0 bridgehead atoms. The normalized spacial score (nSPS) is 15.2. The lowest BCUT2D eigenvalue weighted by molar-refractivity contribution is 0.545. The number of hydrogen-bond acceptors (Lipinski definition) is 0. The molecule has 1 aromatic carbocycles. The first-order valence-electron chi connectivity index (χ1n) is 4.58. The summed E-state index contributed by atoms with van der Waals surface area (Å²) in [4.78, 5) is 0.387. The fourth-order valence-electron chi connectivity index (χ4n) is 1.20. The van der Waals surface area contributed by atoms with Crippen molar-refractivity contribution >= 4 is 27.5 Å². The molecule has 0 saturated carbocycles. The molecule has 0 aromatic heterocycles. The Morgan fingerprint density at radius 2 is 2.07 bits per heavy atom. The molecule has 0 N–H and O–H groups in total. The van der Waals surface area contributed by atoms with Gasteiger partial charge in [-0.15, -0.1) is 0 Å². The summed E-state index contributed by atoms with van der Waals surface area (Å²) < 4.78 is 13.4. The van der Waals surface area contributed by atoms with Crippen molar-refractivity contribution in [1.82, 2.24) is 0 Å². The van der Waals surface area contributed by atoms with Crippen molar-refractivity contribution in [2.24, 2.45) is 5.92 Å². The third-order valence-electron chi connectivity index (χ3n) is 2.34. The zero-order valence-corrected chi connectivity index (χ0v) is 10.6. The minimum atomic E-state index is -0.211. The van der Waals surface area contributed by atoms with Crippen LogP contribution in [0.25, 0.3) is 0 Å². The molecule has 0 saturated heterocycles. The Morgan fingerprint density at radius 3 is 2.57 bits per heavy atom. The Kier molecular flexibility index (Phi) is 4.39. The molecule has 14 heavy (non-hydrogen) atoms. The minimum absolute atomic E-state index is 0.211. The van der Waals surface area contributed by atoms with Crippen molar-refractivity contribution in [1.29, 1.82) is 0 Å². The van der Waals surface area contributed by atoms with E-state index in [2.05, 4.69) is 29.8 Å². The molecule has 78 valence electrons. The van der Waals surface area contributed by atoms with Crippen LogP contribution in [0.1, 0.15) is 19.4 Å². The van der Waals surface area contributed by atoms with Crippen LogP contribution >= 0.6 is 27.5 Å². The first kappa shape index (κ1) is 12.0. The van der Waals surface area contributed by atoms with E-state index in [1.165, 1.54) is 6.07 Å². The third kappa shape index (κ3) is 3.25. The van der Waals surface area contributed by atoms with Crippen molar-refractivity contribution in [3.8, 4) is 0 Å². The smallest absolute Gasteiger partial charge is 0.127 e. The van der Waals surface area contributed by atoms with Gasteiger partial charge in [0.1, 0.15) is 5.82 Å². The predicted octanol–water partition coefficient (Wildman–Crippen LogP) is 4.44. The van der Waals surface area contributed by atoms with Crippen LogP contribution in [-0.4, -0.2) is 4.83 Å². The lowest BCUT2D eigenvalue weighted by atomic mass is 9.98. The lowest BCUT2D eigenvalue weighted by Crippen LogP contribution is -2.10. The molecule has 0 aliphatic carbocycles. The third-order valence-corrected chi connectivity index (χ3v) is 3.48. The molecule has 0 fully saturated rings.